The lowest BCUT2D eigenvalue weighted by atomic mass is 9.39. The molecule has 5 aliphatic carbocycles. The Morgan fingerprint density at radius 2 is 1.82 bits per heavy atom. The van der Waals surface area contributed by atoms with Crippen LogP contribution in [0.2, 0.25) is 0 Å². The highest BCUT2D eigenvalue weighted by atomic mass is 16.3. The van der Waals surface area contributed by atoms with E-state index in [0.29, 0.717) is 5.41 Å². The molecule has 0 aromatic carbocycles. The average Bonchev–Trinajstić information content (AvgIpc) is 2.34. The van der Waals surface area contributed by atoms with Crippen molar-refractivity contribution < 1.29 is 10.2 Å². The van der Waals surface area contributed by atoms with Gasteiger partial charge in [0.1, 0.15) is 0 Å². The fourth-order valence-corrected chi connectivity index (χ4v) is 7.36. The molecule has 3 saturated carbocycles. The van der Waals surface area contributed by atoms with E-state index in [1.54, 1.807) is 5.57 Å². The first kappa shape index (κ1) is 15.2. The zero-order chi connectivity index (χ0) is 16.0. The van der Waals surface area contributed by atoms with Crippen LogP contribution in [-0.4, -0.2) is 21.9 Å². The van der Waals surface area contributed by atoms with Gasteiger partial charge in [-0.15, -0.1) is 0 Å². The number of hydrogen-bond acceptors (Lipinski definition) is 2. The maximum absolute atomic E-state index is 10.8. The lowest BCUT2D eigenvalue weighted by Crippen LogP contribution is -2.62. The van der Waals surface area contributed by atoms with Crippen LogP contribution >= 0.6 is 0 Å². The van der Waals surface area contributed by atoms with Crippen LogP contribution in [0.25, 0.3) is 0 Å². The van der Waals surface area contributed by atoms with Crippen LogP contribution < -0.4 is 0 Å². The molecule has 0 amide bonds. The van der Waals surface area contributed by atoms with E-state index < -0.39 is 5.60 Å². The summed E-state index contributed by atoms with van der Waals surface area (Å²) in [5, 5.41) is 21.4. The molecule has 0 radical (unpaired) electrons. The molecule has 2 bridgehead atoms. The summed E-state index contributed by atoms with van der Waals surface area (Å²) in [4.78, 5) is 0. The normalized spacial score (nSPS) is 56.1. The smallest absolute Gasteiger partial charge is 0.0715 e. The predicted octanol–water partition coefficient (Wildman–Crippen LogP) is 4.06. The average molecular weight is 304 g/mol. The van der Waals surface area contributed by atoms with Gasteiger partial charge in [0, 0.05) is 5.92 Å². The lowest BCUT2D eigenvalue weighted by Gasteiger charge is -2.66. The first-order chi connectivity index (χ1) is 10.1. The minimum Gasteiger partial charge on any atom is -0.392 e. The third kappa shape index (κ3) is 1.74. The van der Waals surface area contributed by atoms with E-state index in [9.17, 15) is 10.2 Å². The molecule has 0 unspecified atom stereocenters. The van der Waals surface area contributed by atoms with Crippen molar-refractivity contribution in [1.29, 1.82) is 0 Å². The van der Waals surface area contributed by atoms with E-state index in [-0.39, 0.29) is 22.9 Å². The zero-order valence-corrected chi connectivity index (χ0v) is 14.7. The third-order valence-electron chi connectivity index (χ3n) is 8.10. The summed E-state index contributed by atoms with van der Waals surface area (Å²) in [6, 6.07) is 0. The molecule has 5 aliphatic rings. The van der Waals surface area contributed by atoms with E-state index in [4.69, 9.17) is 0 Å². The molecule has 1 spiro atoms. The molecule has 2 heteroatoms. The largest absolute Gasteiger partial charge is 0.392 e. The van der Waals surface area contributed by atoms with Crippen LogP contribution in [-0.2, 0) is 0 Å². The Morgan fingerprint density at radius 1 is 1.09 bits per heavy atom. The van der Waals surface area contributed by atoms with Crippen LogP contribution in [0.4, 0.5) is 0 Å². The molecule has 2 nitrogen and oxygen atoms in total. The van der Waals surface area contributed by atoms with E-state index in [0.717, 1.165) is 25.2 Å². The quantitative estimate of drug-likeness (QED) is 0.663. The van der Waals surface area contributed by atoms with Crippen LogP contribution in [0.15, 0.2) is 11.6 Å². The van der Waals surface area contributed by atoms with Gasteiger partial charge >= 0.3 is 0 Å². The van der Waals surface area contributed by atoms with Crippen molar-refractivity contribution in [3.05, 3.63) is 11.6 Å². The SMILES string of the molecule is CC1(C)CCC[C@@]2(C)C3=C[C@H]4[C@H](O)C[C@@]3(CC[C@H]12)C[C@@]4(C)O. The minimum absolute atomic E-state index is 0.0648. The summed E-state index contributed by atoms with van der Waals surface area (Å²) in [5.41, 5.74) is 1.67. The second kappa shape index (κ2) is 4.19. The fraction of sp³-hybridized carbons (Fsp3) is 0.900. The molecule has 0 saturated heterocycles. The molecule has 0 aromatic heterocycles. The van der Waals surface area contributed by atoms with Gasteiger partial charge in [-0.3, -0.25) is 0 Å². The standard InChI is InChI=1S/C20H32O2/c1-17(2)7-5-8-18(3)15(17)6-9-20-11-14(21)13(10-16(18)20)19(4,22)12-20/h10,13-15,21-22H,5-9,11-12H2,1-4H3/t13-,14+,15+,18+,19+,20-/m0/s1. The van der Waals surface area contributed by atoms with Gasteiger partial charge in [0.2, 0.25) is 0 Å². The van der Waals surface area contributed by atoms with E-state index in [1.807, 2.05) is 6.92 Å². The Labute approximate surface area is 135 Å². The summed E-state index contributed by atoms with van der Waals surface area (Å²) in [7, 11) is 0. The van der Waals surface area contributed by atoms with Gasteiger partial charge in [-0.05, 0) is 67.6 Å². The molecule has 22 heavy (non-hydrogen) atoms. The Balaban J connectivity index is 1.84. The van der Waals surface area contributed by atoms with Gasteiger partial charge in [0.15, 0.2) is 0 Å². The monoisotopic (exact) mass is 304 g/mol. The van der Waals surface area contributed by atoms with Crippen molar-refractivity contribution in [2.24, 2.45) is 28.1 Å². The van der Waals surface area contributed by atoms with E-state index in [1.165, 1.54) is 25.7 Å². The number of hydrogen-bond donors (Lipinski definition) is 2. The Morgan fingerprint density at radius 3 is 2.50 bits per heavy atom. The second-order valence-corrected chi connectivity index (χ2v) is 10.0. The van der Waals surface area contributed by atoms with Gasteiger partial charge in [0.25, 0.3) is 0 Å². The van der Waals surface area contributed by atoms with Gasteiger partial charge in [-0.1, -0.05) is 38.8 Å². The van der Waals surface area contributed by atoms with Gasteiger partial charge in [-0.2, -0.15) is 0 Å². The summed E-state index contributed by atoms with van der Waals surface area (Å²) >= 11 is 0. The molecule has 0 heterocycles. The molecule has 5 rings (SSSR count). The summed E-state index contributed by atoms with van der Waals surface area (Å²) < 4.78 is 0. The van der Waals surface area contributed by atoms with Crippen molar-refractivity contribution in [2.75, 3.05) is 0 Å². The van der Waals surface area contributed by atoms with Crippen LogP contribution in [0.1, 0.15) is 72.6 Å². The molecule has 124 valence electrons. The molecular weight excluding hydrogens is 272 g/mol. The highest BCUT2D eigenvalue weighted by Crippen LogP contribution is 2.70. The Bertz CT molecular complexity index is 532. The van der Waals surface area contributed by atoms with Crippen molar-refractivity contribution in [2.45, 2.75) is 84.3 Å². The van der Waals surface area contributed by atoms with Gasteiger partial charge in [0.05, 0.1) is 11.7 Å². The Hall–Kier alpha value is -0.340. The molecule has 2 N–H and O–H groups in total. The maximum atomic E-state index is 10.8. The van der Waals surface area contributed by atoms with Gasteiger partial charge < -0.3 is 10.2 Å². The highest BCUT2D eigenvalue weighted by Gasteiger charge is 2.64. The number of aliphatic hydroxyl groups excluding tert-OH is 1. The van der Waals surface area contributed by atoms with E-state index in [2.05, 4.69) is 26.8 Å². The van der Waals surface area contributed by atoms with Crippen molar-refractivity contribution in [3.8, 4) is 0 Å². The minimum atomic E-state index is -0.728. The first-order valence-corrected chi connectivity index (χ1v) is 9.24. The van der Waals surface area contributed by atoms with E-state index >= 15 is 0 Å². The lowest BCUT2D eigenvalue weighted by molar-refractivity contribution is -0.152. The molecular formula is C20H32O2. The van der Waals surface area contributed by atoms with Crippen LogP contribution in [0, 0.1) is 28.1 Å². The summed E-state index contributed by atoms with van der Waals surface area (Å²) in [6.45, 7) is 9.35. The molecule has 0 aromatic rings. The number of rotatable bonds is 0. The van der Waals surface area contributed by atoms with Crippen molar-refractivity contribution in [1.82, 2.24) is 0 Å². The summed E-state index contributed by atoms with van der Waals surface area (Å²) in [5.74, 6) is 0.692. The highest BCUT2D eigenvalue weighted by molar-refractivity contribution is 5.37. The maximum Gasteiger partial charge on any atom is 0.0715 e. The third-order valence-corrected chi connectivity index (χ3v) is 8.10. The van der Waals surface area contributed by atoms with Crippen molar-refractivity contribution >= 4 is 0 Å². The topological polar surface area (TPSA) is 40.5 Å². The van der Waals surface area contributed by atoms with Crippen LogP contribution in [0.3, 0.4) is 0 Å². The summed E-state index contributed by atoms with van der Waals surface area (Å²) in [6.07, 6.45) is 10.1. The van der Waals surface area contributed by atoms with Crippen LogP contribution in [0.5, 0.6) is 0 Å². The van der Waals surface area contributed by atoms with Crippen molar-refractivity contribution in [3.63, 3.8) is 0 Å². The number of fused-ring (bicyclic) bond motifs is 3. The number of allylic oxidation sites excluding steroid dienone is 1. The molecule has 3 fully saturated rings. The second-order valence-electron chi connectivity index (χ2n) is 10.0. The van der Waals surface area contributed by atoms with Gasteiger partial charge in [-0.25, -0.2) is 0 Å². The predicted molar refractivity (Wildman–Crippen MR) is 88.3 cm³/mol. The molecule has 6 atom stereocenters. The Kier molecular flexibility index (Phi) is 2.89. The zero-order valence-electron chi connectivity index (χ0n) is 14.7. The fourth-order valence-electron chi connectivity index (χ4n) is 7.36. The first-order valence-electron chi connectivity index (χ1n) is 9.24. The number of aliphatic hydroxyl groups is 2. The molecule has 0 aliphatic heterocycles.